The van der Waals surface area contributed by atoms with Crippen molar-refractivity contribution in [1.82, 2.24) is 10.2 Å². The molecule has 0 spiro atoms. The van der Waals surface area contributed by atoms with Gasteiger partial charge in [-0.3, -0.25) is 15.1 Å². The Labute approximate surface area is 126 Å². The standard InChI is InChI=1S/C17H23N3O/c1-2-20-15(21)17(19-16(20)18,13-9-5-3-6-10-13)14-11-7-4-8-12-14/h3,5-6,9-10,14H,2,4,7-8,11-12H2,1H3,(H2,18,19). The summed E-state index contributed by atoms with van der Waals surface area (Å²) in [6.45, 7) is 2.47. The third-order valence-electron chi connectivity index (χ3n) is 4.93. The zero-order valence-electron chi connectivity index (χ0n) is 12.6. The van der Waals surface area contributed by atoms with E-state index in [1.165, 1.54) is 19.3 Å². The molecule has 1 heterocycles. The maximum atomic E-state index is 13.1. The van der Waals surface area contributed by atoms with Crippen LogP contribution in [0.25, 0.3) is 0 Å². The third kappa shape index (κ3) is 2.13. The minimum absolute atomic E-state index is 0.0492. The van der Waals surface area contributed by atoms with Crippen molar-refractivity contribution in [1.29, 1.82) is 5.41 Å². The van der Waals surface area contributed by atoms with Gasteiger partial charge in [0.1, 0.15) is 5.54 Å². The maximum Gasteiger partial charge on any atom is 0.259 e. The maximum absolute atomic E-state index is 13.1. The average molecular weight is 285 g/mol. The van der Waals surface area contributed by atoms with E-state index in [-0.39, 0.29) is 17.8 Å². The highest BCUT2D eigenvalue weighted by atomic mass is 16.2. The molecule has 1 atom stereocenters. The van der Waals surface area contributed by atoms with Crippen molar-refractivity contribution < 1.29 is 4.79 Å². The Morgan fingerprint density at radius 1 is 1.24 bits per heavy atom. The predicted octanol–water partition coefficient (Wildman–Crippen LogP) is 2.85. The van der Waals surface area contributed by atoms with Gasteiger partial charge in [0, 0.05) is 6.54 Å². The first kappa shape index (κ1) is 14.1. The Morgan fingerprint density at radius 3 is 2.48 bits per heavy atom. The highest BCUT2D eigenvalue weighted by molar-refractivity contribution is 6.08. The smallest absolute Gasteiger partial charge is 0.259 e. The number of hydrogen-bond donors (Lipinski definition) is 2. The third-order valence-corrected chi connectivity index (χ3v) is 4.93. The van der Waals surface area contributed by atoms with E-state index in [1.54, 1.807) is 4.90 Å². The number of hydrogen-bond acceptors (Lipinski definition) is 2. The minimum Gasteiger partial charge on any atom is -0.338 e. The van der Waals surface area contributed by atoms with Crippen molar-refractivity contribution in [2.75, 3.05) is 6.54 Å². The van der Waals surface area contributed by atoms with Gasteiger partial charge in [0.05, 0.1) is 0 Å². The van der Waals surface area contributed by atoms with Gasteiger partial charge in [0.25, 0.3) is 5.91 Å². The van der Waals surface area contributed by atoms with Crippen LogP contribution >= 0.6 is 0 Å². The molecule has 0 bridgehead atoms. The van der Waals surface area contributed by atoms with Crippen molar-refractivity contribution >= 4 is 11.9 Å². The molecule has 0 aromatic heterocycles. The fourth-order valence-electron chi connectivity index (χ4n) is 3.87. The Bertz CT molecular complexity index is 536. The second-order valence-corrected chi connectivity index (χ2v) is 6.03. The Hall–Kier alpha value is -1.84. The summed E-state index contributed by atoms with van der Waals surface area (Å²) in [6.07, 6.45) is 5.71. The van der Waals surface area contributed by atoms with Gasteiger partial charge >= 0.3 is 0 Å². The van der Waals surface area contributed by atoms with Crippen LogP contribution in [0.15, 0.2) is 30.3 Å². The van der Waals surface area contributed by atoms with E-state index in [1.807, 2.05) is 37.3 Å². The van der Waals surface area contributed by atoms with Crippen LogP contribution in [-0.4, -0.2) is 23.3 Å². The average Bonchev–Trinajstić information content (AvgIpc) is 2.80. The van der Waals surface area contributed by atoms with E-state index in [4.69, 9.17) is 5.41 Å². The van der Waals surface area contributed by atoms with Gasteiger partial charge < -0.3 is 5.32 Å². The highest BCUT2D eigenvalue weighted by Gasteiger charge is 2.54. The molecule has 4 nitrogen and oxygen atoms in total. The summed E-state index contributed by atoms with van der Waals surface area (Å²) in [5.74, 6) is 0.572. The molecule has 1 aliphatic heterocycles. The summed E-state index contributed by atoms with van der Waals surface area (Å²) in [5, 5.41) is 11.4. The molecule has 0 radical (unpaired) electrons. The number of guanidine groups is 1. The summed E-state index contributed by atoms with van der Waals surface area (Å²) in [6, 6.07) is 9.97. The summed E-state index contributed by atoms with van der Waals surface area (Å²) in [5.41, 5.74) is 0.275. The van der Waals surface area contributed by atoms with Gasteiger partial charge in [0.2, 0.25) is 0 Å². The van der Waals surface area contributed by atoms with Gasteiger partial charge in [-0.1, -0.05) is 49.6 Å². The van der Waals surface area contributed by atoms with Crippen molar-refractivity contribution in [3.8, 4) is 0 Å². The van der Waals surface area contributed by atoms with E-state index < -0.39 is 5.54 Å². The zero-order chi connectivity index (χ0) is 14.9. The van der Waals surface area contributed by atoms with Gasteiger partial charge in [0.15, 0.2) is 5.96 Å². The minimum atomic E-state index is -0.727. The van der Waals surface area contributed by atoms with E-state index in [0.29, 0.717) is 6.54 Å². The molecular formula is C17H23N3O. The van der Waals surface area contributed by atoms with E-state index >= 15 is 0 Å². The molecule has 1 aromatic rings. The number of carbonyl (C=O) groups excluding carboxylic acids is 1. The lowest BCUT2D eigenvalue weighted by Crippen LogP contribution is -2.51. The van der Waals surface area contributed by atoms with Gasteiger partial charge in [-0.2, -0.15) is 0 Å². The Morgan fingerprint density at radius 2 is 1.90 bits per heavy atom. The molecular weight excluding hydrogens is 262 g/mol. The fourth-order valence-corrected chi connectivity index (χ4v) is 3.87. The molecule has 3 rings (SSSR count). The molecule has 2 fully saturated rings. The van der Waals surface area contributed by atoms with Crippen LogP contribution in [0.4, 0.5) is 0 Å². The quantitative estimate of drug-likeness (QED) is 0.897. The first-order valence-corrected chi connectivity index (χ1v) is 7.94. The Balaban J connectivity index is 2.07. The van der Waals surface area contributed by atoms with Crippen molar-refractivity contribution in [3.63, 3.8) is 0 Å². The van der Waals surface area contributed by atoms with Crippen LogP contribution in [0.1, 0.15) is 44.6 Å². The highest BCUT2D eigenvalue weighted by Crippen LogP contribution is 2.43. The van der Waals surface area contributed by atoms with E-state index in [9.17, 15) is 4.79 Å². The largest absolute Gasteiger partial charge is 0.338 e. The molecule has 1 saturated heterocycles. The lowest BCUT2D eigenvalue weighted by Gasteiger charge is -2.38. The van der Waals surface area contributed by atoms with Crippen LogP contribution < -0.4 is 5.32 Å². The van der Waals surface area contributed by atoms with E-state index in [0.717, 1.165) is 18.4 Å². The molecule has 1 unspecified atom stereocenters. The molecule has 2 N–H and O–H groups in total. The SMILES string of the molecule is CCN1C(=N)NC(c2ccccc2)(C2CCCCC2)C1=O. The fraction of sp³-hybridized carbons (Fsp3) is 0.529. The number of likely N-dealkylation sites (N-methyl/N-ethyl adjacent to an activating group) is 1. The molecule has 112 valence electrons. The van der Waals surface area contributed by atoms with Gasteiger partial charge in [-0.05, 0) is 31.2 Å². The predicted molar refractivity (Wildman–Crippen MR) is 82.9 cm³/mol. The number of amides is 1. The van der Waals surface area contributed by atoms with Crippen LogP contribution in [-0.2, 0) is 10.3 Å². The summed E-state index contributed by atoms with van der Waals surface area (Å²) < 4.78 is 0. The molecule has 1 aliphatic carbocycles. The molecule has 1 saturated carbocycles. The molecule has 2 aliphatic rings. The molecule has 1 amide bonds. The summed E-state index contributed by atoms with van der Waals surface area (Å²) >= 11 is 0. The monoisotopic (exact) mass is 285 g/mol. The van der Waals surface area contributed by atoms with Gasteiger partial charge in [-0.15, -0.1) is 0 Å². The number of nitrogens with zero attached hydrogens (tertiary/aromatic N) is 1. The zero-order valence-corrected chi connectivity index (χ0v) is 12.6. The second-order valence-electron chi connectivity index (χ2n) is 6.03. The molecule has 4 heteroatoms. The normalized spacial score (nSPS) is 27.0. The molecule has 1 aromatic carbocycles. The number of rotatable bonds is 3. The van der Waals surface area contributed by atoms with Crippen molar-refractivity contribution in [3.05, 3.63) is 35.9 Å². The van der Waals surface area contributed by atoms with Crippen LogP contribution in [0, 0.1) is 11.3 Å². The summed E-state index contributed by atoms with van der Waals surface area (Å²) in [7, 11) is 0. The first-order chi connectivity index (χ1) is 10.2. The summed E-state index contributed by atoms with van der Waals surface area (Å²) in [4.78, 5) is 14.7. The van der Waals surface area contributed by atoms with Gasteiger partial charge in [-0.25, -0.2) is 0 Å². The number of carbonyl (C=O) groups is 1. The topological polar surface area (TPSA) is 56.2 Å². The van der Waals surface area contributed by atoms with E-state index in [2.05, 4.69) is 5.32 Å². The van der Waals surface area contributed by atoms with Crippen LogP contribution in [0.5, 0.6) is 0 Å². The molecule has 21 heavy (non-hydrogen) atoms. The van der Waals surface area contributed by atoms with Crippen molar-refractivity contribution in [2.24, 2.45) is 5.92 Å². The number of nitrogens with one attached hydrogen (secondary N) is 2. The first-order valence-electron chi connectivity index (χ1n) is 7.94. The second kappa shape index (κ2) is 5.51. The van der Waals surface area contributed by atoms with Crippen LogP contribution in [0.2, 0.25) is 0 Å². The lowest BCUT2D eigenvalue weighted by molar-refractivity contribution is -0.133. The number of benzene rings is 1. The van der Waals surface area contributed by atoms with Crippen molar-refractivity contribution in [2.45, 2.75) is 44.6 Å². The Kier molecular flexibility index (Phi) is 3.70. The van der Waals surface area contributed by atoms with Crippen LogP contribution in [0.3, 0.4) is 0 Å². The lowest BCUT2D eigenvalue weighted by atomic mass is 9.71.